The molecule has 0 aliphatic rings. The van der Waals surface area contributed by atoms with E-state index in [0.29, 0.717) is 22.4 Å². The van der Waals surface area contributed by atoms with Crippen LogP contribution in [0.1, 0.15) is 12.5 Å². The smallest absolute Gasteiger partial charge is 0.179 e. The Bertz CT molecular complexity index is 1160. The number of aromatic nitrogens is 1. The Balaban J connectivity index is 2.13. The maximum absolute atomic E-state index is 11.8. The van der Waals surface area contributed by atoms with Crippen molar-refractivity contribution in [1.82, 2.24) is 4.98 Å². The number of rotatable bonds is 2. The molecule has 0 unspecified atom stereocenters. The van der Waals surface area contributed by atoms with Gasteiger partial charge in [-0.15, -0.1) is 0 Å². The summed E-state index contributed by atoms with van der Waals surface area (Å²) in [5.74, 6) is 0. The largest absolute Gasteiger partial charge is 0.453 e. The Hall–Kier alpha value is -3.08. The Morgan fingerprint density at radius 3 is 2.75 bits per heavy atom. The van der Waals surface area contributed by atoms with Gasteiger partial charge < -0.3 is 15.5 Å². The molecule has 3 aromatic carbocycles. The van der Waals surface area contributed by atoms with Crippen LogP contribution < -0.4 is 16.5 Å². The summed E-state index contributed by atoms with van der Waals surface area (Å²) in [5, 5.41) is 4.84. The third-order valence-electron chi connectivity index (χ3n) is 4.20. The molecule has 0 spiro atoms. The van der Waals surface area contributed by atoms with E-state index in [1.165, 1.54) is 6.07 Å². The van der Waals surface area contributed by atoms with Crippen LogP contribution >= 0.6 is 0 Å². The third-order valence-corrected chi connectivity index (χ3v) is 4.20. The highest BCUT2D eigenvalue weighted by molar-refractivity contribution is 6.10. The van der Waals surface area contributed by atoms with E-state index in [0.717, 1.165) is 34.1 Å². The highest BCUT2D eigenvalue weighted by Crippen LogP contribution is 2.32. The van der Waals surface area contributed by atoms with Crippen molar-refractivity contribution in [2.45, 2.75) is 13.8 Å². The molecular weight excluding hydrogens is 302 g/mol. The van der Waals surface area contributed by atoms with Gasteiger partial charge in [0.1, 0.15) is 11.0 Å². The second-order valence-corrected chi connectivity index (χ2v) is 5.90. The molecule has 0 atom stereocenters. The van der Waals surface area contributed by atoms with Crippen molar-refractivity contribution in [3.05, 3.63) is 52.2 Å². The number of nitrogens with zero attached hydrogens (tertiary/aromatic N) is 1. The first kappa shape index (κ1) is 14.5. The maximum Gasteiger partial charge on any atom is 0.179 e. The molecule has 24 heavy (non-hydrogen) atoms. The fourth-order valence-corrected chi connectivity index (χ4v) is 3.05. The second-order valence-electron chi connectivity index (χ2n) is 5.90. The lowest BCUT2D eigenvalue weighted by molar-refractivity contribution is 0.657. The number of aryl methyl sites for hydroxylation is 1. The van der Waals surface area contributed by atoms with Crippen molar-refractivity contribution in [2.24, 2.45) is 0 Å². The lowest BCUT2D eigenvalue weighted by Crippen LogP contribution is -2.00. The third kappa shape index (κ3) is 2.17. The molecule has 0 saturated carbocycles. The van der Waals surface area contributed by atoms with E-state index in [2.05, 4.69) is 5.32 Å². The Labute approximate surface area is 138 Å². The first-order valence-corrected chi connectivity index (χ1v) is 7.88. The second kappa shape index (κ2) is 5.23. The topological polar surface area (TPSA) is 81.1 Å². The number of nitrogen functional groups attached to an aromatic ring is 1. The van der Waals surface area contributed by atoms with E-state index in [1.807, 2.05) is 26.0 Å². The van der Waals surface area contributed by atoms with Gasteiger partial charge in [-0.05, 0) is 43.7 Å². The highest BCUT2D eigenvalue weighted by Gasteiger charge is 2.11. The molecule has 1 aromatic heterocycles. The van der Waals surface area contributed by atoms with Crippen LogP contribution in [0.5, 0.6) is 0 Å². The number of benzene rings is 3. The van der Waals surface area contributed by atoms with Crippen LogP contribution in [0.4, 0.5) is 11.4 Å². The summed E-state index contributed by atoms with van der Waals surface area (Å²) in [6.45, 7) is 4.91. The van der Waals surface area contributed by atoms with Gasteiger partial charge in [-0.3, -0.25) is 4.79 Å². The molecule has 4 aromatic rings. The van der Waals surface area contributed by atoms with Gasteiger partial charge in [0.15, 0.2) is 16.6 Å². The molecule has 3 N–H and O–H groups in total. The molecule has 120 valence electrons. The van der Waals surface area contributed by atoms with E-state index in [9.17, 15) is 4.79 Å². The molecule has 0 aliphatic carbocycles. The van der Waals surface area contributed by atoms with Crippen LogP contribution in [-0.4, -0.2) is 11.5 Å². The van der Waals surface area contributed by atoms with Crippen molar-refractivity contribution in [1.29, 1.82) is 0 Å². The fraction of sp³-hybridized carbons (Fsp3) is 0.158. The Morgan fingerprint density at radius 2 is 1.96 bits per heavy atom. The summed E-state index contributed by atoms with van der Waals surface area (Å²) in [4.78, 5) is 16.5. The maximum atomic E-state index is 11.8. The molecule has 4 rings (SSSR count). The van der Waals surface area contributed by atoms with Gasteiger partial charge in [-0.25, -0.2) is 4.98 Å². The van der Waals surface area contributed by atoms with E-state index in [-0.39, 0.29) is 5.43 Å². The SMILES string of the molecule is CCNc1cc2oc3cc(N)c4ccc(=O)cc4c3nc2cc1C. The van der Waals surface area contributed by atoms with E-state index in [1.54, 1.807) is 18.2 Å². The number of nitrogens with two attached hydrogens (primary N) is 1. The lowest BCUT2D eigenvalue weighted by Gasteiger charge is -2.11. The molecule has 0 bridgehead atoms. The summed E-state index contributed by atoms with van der Waals surface area (Å²) in [6.07, 6.45) is 0. The monoisotopic (exact) mass is 319 g/mol. The molecule has 0 radical (unpaired) electrons. The lowest BCUT2D eigenvalue weighted by atomic mass is 10.1. The zero-order chi connectivity index (χ0) is 16.8. The molecular formula is C19H17N3O2. The van der Waals surface area contributed by atoms with Crippen LogP contribution in [0.2, 0.25) is 0 Å². The predicted octanol–water partition coefficient (Wildman–Crippen LogP) is 3.82. The molecule has 5 heteroatoms. The molecule has 0 aliphatic heterocycles. The standard InChI is InChI=1S/C19H17N3O2/c1-3-21-15-9-17-16(6-10(15)2)22-19-13-7-11(23)4-5-12(13)14(20)8-18(19)24-17/h4-9,21H,3,20H2,1-2H3. The van der Waals surface area contributed by atoms with Crippen LogP contribution in [-0.2, 0) is 0 Å². The molecule has 5 nitrogen and oxygen atoms in total. The Morgan fingerprint density at radius 1 is 1.12 bits per heavy atom. The fourth-order valence-electron chi connectivity index (χ4n) is 3.05. The first-order valence-electron chi connectivity index (χ1n) is 7.88. The van der Waals surface area contributed by atoms with Crippen molar-refractivity contribution in [3.63, 3.8) is 0 Å². The minimum absolute atomic E-state index is 0.0741. The Kier molecular flexibility index (Phi) is 3.16. The van der Waals surface area contributed by atoms with Gasteiger partial charge >= 0.3 is 0 Å². The summed E-state index contributed by atoms with van der Waals surface area (Å²) in [7, 11) is 0. The molecule has 0 saturated heterocycles. The average molecular weight is 319 g/mol. The van der Waals surface area contributed by atoms with Crippen LogP contribution in [0, 0.1) is 6.92 Å². The minimum atomic E-state index is -0.0741. The molecule has 0 amide bonds. The predicted molar refractivity (Wildman–Crippen MR) is 98.6 cm³/mol. The van der Waals surface area contributed by atoms with Crippen molar-refractivity contribution in [2.75, 3.05) is 17.6 Å². The number of fused-ring (bicyclic) bond motifs is 4. The minimum Gasteiger partial charge on any atom is -0.453 e. The first-order chi connectivity index (χ1) is 11.6. The van der Waals surface area contributed by atoms with Gasteiger partial charge in [-0.1, -0.05) is 0 Å². The molecule has 1 heterocycles. The van der Waals surface area contributed by atoms with Crippen LogP contribution in [0.15, 0.2) is 45.6 Å². The highest BCUT2D eigenvalue weighted by atomic mass is 16.3. The number of nitrogens with one attached hydrogen (secondary N) is 1. The number of hydrogen-bond acceptors (Lipinski definition) is 5. The zero-order valence-electron chi connectivity index (χ0n) is 13.5. The van der Waals surface area contributed by atoms with E-state index < -0.39 is 0 Å². The van der Waals surface area contributed by atoms with Crippen LogP contribution in [0.25, 0.3) is 33.0 Å². The van der Waals surface area contributed by atoms with E-state index in [4.69, 9.17) is 15.1 Å². The molecule has 0 fully saturated rings. The van der Waals surface area contributed by atoms with Crippen molar-refractivity contribution in [3.8, 4) is 0 Å². The quantitative estimate of drug-likeness (QED) is 0.333. The zero-order valence-corrected chi connectivity index (χ0v) is 13.5. The van der Waals surface area contributed by atoms with Crippen molar-refractivity contribution < 1.29 is 4.42 Å². The van der Waals surface area contributed by atoms with Gasteiger partial charge in [0.25, 0.3) is 0 Å². The van der Waals surface area contributed by atoms with Crippen LogP contribution in [0.3, 0.4) is 0 Å². The summed E-state index contributed by atoms with van der Waals surface area (Å²) < 4.78 is 6.03. The summed E-state index contributed by atoms with van der Waals surface area (Å²) in [5.41, 5.74) is 11.4. The van der Waals surface area contributed by atoms with Gasteiger partial charge in [-0.2, -0.15) is 0 Å². The van der Waals surface area contributed by atoms with Gasteiger partial charge in [0.05, 0.1) is 0 Å². The number of hydrogen-bond donors (Lipinski definition) is 2. The summed E-state index contributed by atoms with van der Waals surface area (Å²) >= 11 is 0. The van der Waals surface area contributed by atoms with Gasteiger partial charge in [0, 0.05) is 40.8 Å². The normalized spacial score (nSPS) is 11.4. The van der Waals surface area contributed by atoms with Crippen molar-refractivity contribution >= 4 is 44.3 Å². The van der Waals surface area contributed by atoms with Gasteiger partial charge in [0.2, 0.25) is 0 Å². The summed E-state index contributed by atoms with van der Waals surface area (Å²) in [6, 6.07) is 10.5. The van der Waals surface area contributed by atoms with E-state index >= 15 is 0 Å². The number of anilines is 2. The average Bonchev–Trinajstić information content (AvgIpc) is 2.55.